The Hall–Kier alpha value is -1.95. The van der Waals surface area contributed by atoms with E-state index in [1.807, 2.05) is 14.1 Å². The topological polar surface area (TPSA) is 48.3 Å². The Balaban J connectivity index is 1.67. The second-order valence-electron chi connectivity index (χ2n) is 5.69. The Bertz CT molecular complexity index is 753. The SMILES string of the molecule is CN(C)c1ccc(CN2CN=C(c3cc(Cl)c(O)c(Cl)c3)O2)cc1. The van der Waals surface area contributed by atoms with Crippen LogP contribution < -0.4 is 4.90 Å². The van der Waals surface area contributed by atoms with Crippen molar-refractivity contribution in [2.24, 2.45) is 4.99 Å². The molecule has 24 heavy (non-hydrogen) atoms. The lowest BCUT2D eigenvalue weighted by Crippen LogP contribution is -2.20. The summed E-state index contributed by atoms with van der Waals surface area (Å²) in [5.74, 6) is 0.294. The Morgan fingerprint density at radius 1 is 1.17 bits per heavy atom. The van der Waals surface area contributed by atoms with Crippen LogP contribution in [0, 0.1) is 0 Å². The molecular formula is C17H17Cl2N3O2. The van der Waals surface area contributed by atoms with Crippen LogP contribution in [0.15, 0.2) is 41.4 Å². The summed E-state index contributed by atoms with van der Waals surface area (Å²) in [7, 11) is 4.01. The summed E-state index contributed by atoms with van der Waals surface area (Å²) in [6, 6.07) is 11.4. The average molecular weight is 366 g/mol. The van der Waals surface area contributed by atoms with Crippen LogP contribution in [0.25, 0.3) is 0 Å². The molecule has 0 bridgehead atoms. The Morgan fingerprint density at radius 3 is 2.38 bits per heavy atom. The quantitative estimate of drug-likeness (QED) is 0.891. The number of benzene rings is 2. The third kappa shape index (κ3) is 3.59. The number of nitrogens with zero attached hydrogens (tertiary/aromatic N) is 3. The van der Waals surface area contributed by atoms with Crippen molar-refractivity contribution in [2.75, 3.05) is 25.7 Å². The van der Waals surface area contributed by atoms with Crippen LogP contribution in [-0.4, -0.2) is 36.8 Å². The van der Waals surface area contributed by atoms with Crippen molar-refractivity contribution in [1.82, 2.24) is 5.06 Å². The van der Waals surface area contributed by atoms with Crippen molar-refractivity contribution >= 4 is 34.8 Å². The summed E-state index contributed by atoms with van der Waals surface area (Å²) in [5.41, 5.74) is 2.90. The minimum Gasteiger partial charge on any atom is -0.505 e. The van der Waals surface area contributed by atoms with Gasteiger partial charge >= 0.3 is 0 Å². The average Bonchev–Trinajstić information content (AvgIpc) is 3.01. The predicted molar refractivity (Wildman–Crippen MR) is 96.9 cm³/mol. The minimum absolute atomic E-state index is 0.140. The highest BCUT2D eigenvalue weighted by molar-refractivity contribution is 6.37. The molecule has 2 aromatic carbocycles. The summed E-state index contributed by atoms with van der Waals surface area (Å²) in [5, 5.41) is 11.7. The monoisotopic (exact) mass is 365 g/mol. The highest BCUT2D eigenvalue weighted by atomic mass is 35.5. The third-order valence-corrected chi connectivity index (χ3v) is 4.24. The molecule has 126 valence electrons. The third-order valence-electron chi connectivity index (χ3n) is 3.66. The van der Waals surface area contributed by atoms with E-state index >= 15 is 0 Å². The first-order valence-corrected chi connectivity index (χ1v) is 8.11. The number of aromatic hydroxyl groups is 1. The molecule has 1 aliphatic heterocycles. The Kier molecular flexibility index (Phi) is 4.85. The van der Waals surface area contributed by atoms with Crippen LogP contribution in [0.5, 0.6) is 5.75 Å². The van der Waals surface area contributed by atoms with Gasteiger partial charge in [0, 0.05) is 25.3 Å². The molecule has 7 heteroatoms. The maximum absolute atomic E-state index is 9.62. The number of phenols is 1. The molecule has 0 aromatic heterocycles. The molecule has 3 rings (SSSR count). The number of hydroxylamine groups is 2. The van der Waals surface area contributed by atoms with Crippen molar-refractivity contribution in [1.29, 1.82) is 0 Å². The minimum atomic E-state index is -0.140. The van der Waals surface area contributed by atoms with Crippen LogP contribution in [0.1, 0.15) is 11.1 Å². The molecule has 0 amide bonds. The summed E-state index contributed by atoms with van der Waals surface area (Å²) >= 11 is 11.9. The summed E-state index contributed by atoms with van der Waals surface area (Å²) in [6.45, 7) is 1.03. The molecule has 1 N–H and O–H groups in total. The number of rotatable bonds is 4. The molecule has 2 aromatic rings. The van der Waals surface area contributed by atoms with E-state index in [4.69, 9.17) is 28.0 Å². The van der Waals surface area contributed by atoms with Crippen molar-refractivity contribution < 1.29 is 9.94 Å². The normalized spacial score (nSPS) is 14.4. The van der Waals surface area contributed by atoms with E-state index in [1.165, 1.54) is 0 Å². The number of aliphatic imine (C=N–C) groups is 1. The van der Waals surface area contributed by atoms with E-state index in [9.17, 15) is 5.11 Å². The predicted octanol–water partition coefficient (Wildman–Crippen LogP) is 3.92. The number of hydrogen-bond donors (Lipinski definition) is 1. The molecule has 0 saturated carbocycles. The van der Waals surface area contributed by atoms with Crippen molar-refractivity contribution in [2.45, 2.75) is 6.54 Å². The first-order chi connectivity index (χ1) is 11.4. The highest BCUT2D eigenvalue weighted by Gasteiger charge is 2.21. The second kappa shape index (κ2) is 6.89. The number of halogens is 2. The van der Waals surface area contributed by atoms with Gasteiger partial charge in [0.15, 0.2) is 5.75 Å². The molecule has 0 radical (unpaired) electrons. The van der Waals surface area contributed by atoms with Crippen LogP contribution in [0.4, 0.5) is 5.69 Å². The number of hydrogen-bond acceptors (Lipinski definition) is 5. The van der Waals surface area contributed by atoms with E-state index in [-0.39, 0.29) is 15.8 Å². The van der Waals surface area contributed by atoms with E-state index in [0.717, 1.165) is 11.3 Å². The van der Waals surface area contributed by atoms with Crippen LogP contribution in [0.3, 0.4) is 0 Å². The van der Waals surface area contributed by atoms with Crippen molar-refractivity contribution in [3.63, 3.8) is 0 Å². The molecular weight excluding hydrogens is 349 g/mol. The van der Waals surface area contributed by atoms with Gasteiger partial charge < -0.3 is 14.8 Å². The molecule has 5 nitrogen and oxygen atoms in total. The van der Waals surface area contributed by atoms with Gasteiger partial charge in [0.05, 0.1) is 16.6 Å². The first kappa shape index (κ1) is 16.9. The summed E-state index contributed by atoms with van der Waals surface area (Å²) in [6.07, 6.45) is 0. The van der Waals surface area contributed by atoms with Gasteiger partial charge in [0.25, 0.3) is 0 Å². The molecule has 0 atom stereocenters. The smallest absolute Gasteiger partial charge is 0.242 e. The molecule has 1 heterocycles. The zero-order chi connectivity index (χ0) is 17.3. The standard InChI is InChI=1S/C17H17Cl2N3O2/c1-21(2)13-5-3-11(4-6-13)9-22-10-20-17(24-22)12-7-14(18)16(23)15(19)8-12/h3-8,23H,9-10H2,1-2H3. The van der Waals surface area contributed by atoms with Gasteiger partial charge in [-0.1, -0.05) is 35.3 Å². The Morgan fingerprint density at radius 2 is 1.79 bits per heavy atom. The lowest BCUT2D eigenvalue weighted by molar-refractivity contribution is -0.0568. The maximum Gasteiger partial charge on any atom is 0.242 e. The van der Waals surface area contributed by atoms with Gasteiger partial charge in [-0.2, -0.15) is 0 Å². The zero-order valence-electron chi connectivity index (χ0n) is 13.3. The van der Waals surface area contributed by atoms with Crippen LogP contribution in [-0.2, 0) is 11.4 Å². The van der Waals surface area contributed by atoms with Gasteiger partial charge in [-0.15, -0.1) is 5.06 Å². The molecule has 0 unspecified atom stereocenters. The van der Waals surface area contributed by atoms with Crippen LogP contribution in [0.2, 0.25) is 10.0 Å². The van der Waals surface area contributed by atoms with E-state index in [0.29, 0.717) is 24.7 Å². The fourth-order valence-electron chi connectivity index (χ4n) is 2.34. The summed E-state index contributed by atoms with van der Waals surface area (Å²) in [4.78, 5) is 12.2. The second-order valence-corrected chi connectivity index (χ2v) is 6.50. The van der Waals surface area contributed by atoms with E-state index in [2.05, 4.69) is 34.2 Å². The highest BCUT2D eigenvalue weighted by Crippen LogP contribution is 2.33. The van der Waals surface area contributed by atoms with Crippen LogP contribution >= 0.6 is 23.2 Å². The first-order valence-electron chi connectivity index (χ1n) is 7.36. The number of phenolic OH excluding ortho intramolecular Hbond substituents is 1. The summed E-state index contributed by atoms with van der Waals surface area (Å²) < 4.78 is 0. The largest absolute Gasteiger partial charge is 0.505 e. The zero-order valence-corrected chi connectivity index (χ0v) is 14.8. The van der Waals surface area contributed by atoms with Crippen molar-refractivity contribution in [3.05, 3.63) is 57.6 Å². The Labute approximate surface area is 150 Å². The van der Waals surface area contributed by atoms with Gasteiger partial charge in [-0.3, -0.25) is 0 Å². The molecule has 0 aliphatic carbocycles. The van der Waals surface area contributed by atoms with Crippen molar-refractivity contribution in [3.8, 4) is 5.75 Å². The molecule has 1 aliphatic rings. The van der Waals surface area contributed by atoms with Gasteiger partial charge in [0.1, 0.15) is 6.67 Å². The number of anilines is 1. The van der Waals surface area contributed by atoms with E-state index in [1.54, 1.807) is 17.2 Å². The van der Waals surface area contributed by atoms with Gasteiger partial charge in [-0.05, 0) is 29.8 Å². The lowest BCUT2D eigenvalue weighted by atomic mass is 10.2. The molecule has 0 saturated heterocycles. The van der Waals surface area contributed by atoms with Gasteiger partial charge in [-0.25, -0.2) is 4.99 Å². The maximum atomic E-state index is 9.62. The van der Waals surface area contributed by atoms with Gasteiger partial charge in [0.2, 0.25) is 5.90 Å². The van der Waals surface area contributed by atoms with E-state index < -0.39 is 0 Å². The molecule has 0 fully saturated rings. The fourth-order valence-corrected chi connectivity index (χ4v) is 2.83. The fraction of sp³-hybridized carbons (Fsp3) is 0.235. The lowest BCUT2D eigenvalue weighted by Gasteiger charge is -2.16. The molecule has 0 spiro atoms.